The molecule has 0 bridgehead atoms. The third-order valence-electron chi connectivity index (χ3n) is 6.66. The van der Waals surface area contributed by atoms with Crippen LogP contribution in [0.4, 0.5) is 0 Å². The average Bonchev–Trinajstić information content (AvgIpc) is 2.90. The fourth-order valence-corrected chi connectivity index (χ4v) is 4.70. The second-order valence-corrected chi connectivity index (χ2v) is 11.4. The Bertz CT molecular complexity index is 981. The predicted octanol–water partition coefficient (Wildman–Crippen LogP) is 4.22. The third kappa shape index (κ3) is 11.7. The van der Waals surface area contributed by atoms with Crippen LogP contribution in [0.1, 0.15) is 78.2 Å². The topological polar surface area (TPSA) is 105 Å². The minimum Gasteiger partial charge on any atom is -0.452 e. The lowest BCUT2D eigenvalue weighted by atomic mass is 9.89. The Morgan fingerprint density at radius 1 is 1.05 bits per heavy atom. The summed E-state index contributed by atoms with van der Waals surface area (Å²) in [7, 11) is 1.92. The number of benzene rings is 1. The second kappa shape index (κ2) is 16.9. The normalized spacial score (nSPS) is 16.5. The van der Waals surface area contributed by atoms with Crippen molar-refractivity contribution in [3.8, 4) is 5.75 Å². The molecule has 0 saturated heterocycles. The number of ether oxygens (including phenoxy) is 1. The van der Waals surface area contributed by atoms with E-state index in [0.717, 1.165) is 24.3 Å². The quantitative estimate of drug-likeness (QED) is 0.384. The molecule has 2 amide bonds. The molecule has 2 N–H and O–H groups in total. The molecule has 216 valence electrons. The van der Waals surface area contributed by atoms with E-state index in [-0.39, 0.29) is 30.9 Å². The number of likely N-dealkylation sites (N-methyl/N-ethyl adjacent to an activating group) is 1. The van der Waals surface area contributed by atoms with Crippen molar-refractivity contribution < 1.29 is 23.9 Å². The molecule has 2 atom stereocenters. The summed E-state index contributed by atoms with van der Waals surface area (Å²) < 4.78 is 5.67. The number of nitrogens with one attached hydrogen (secondary N) is 2. The molecule has 0 aromatic heterocycles. The number of ketones is 1. The van der Waals surface area contributed by atoms with Crippen LogP contribution in [-0.2, 0) is 25.6 Å². The third-order valence-corrected chi connectivity index (χ3v) is 6.66. The van der Waals surface area contributed by atoms with Gasteiger partial charge in [-0.25, -0.2) is 0 Å². The van der Waals surface area contributed by atoms with E-state index in [2.05, 4.69) is 31.4 Å². The molecule has 8 nitrogen and oxygen atoms in total. The van der Waals surface area contributed by atoms with Crippen molar-refractivity contribution >= 4 is 23.9 Å². The van der Waals surface area contributed by atoms with Crippen molar-refractivity contribution in [1.29, 1.82) is 0 Å². The number of carbonyl (C=O) groups is 4. The van der Waals surface area contributed by atoms with Crippen LogP contribution in [0.3, 0.4) is 0 Å². The first-order chi connectivity index (χ1) is 18.6. The van der Waals surface area contributed by atoms with Gasteiger partial charge in [-0.2, -0.15) is 0 Å². The largest absolute Gasteiger partial charge is 0.452 e. The van der Waals surface area contributed by atoms with Crippen molar-refractivity contribution in [3.05, 3.63) is 41.7 Å². The fourth-order valence-electron chi connectivity index (χ4n) is 4.70. The van der Waals surface area contributed by atoms with Crippen LogP contribution < -0.4 is 15.4 Å². The zero-order chi connectivity index (χ0) is 28.8. The Hall–Kier alpha value is -3.00. The van der Waals surface area contributed by atoms with Crippen molar-refractivity contribution in [3.63, 3.8) is 0 Å². The number of aldehydes is 1. The van der Waals surface area contributed by atoms with Crippen LogP contribution >= 0.6 is 0 Å². The summed E-state index contributed by atoms with van der Waals surface area (Å²) in [5.41, 5.74) is 0.986. The Balaban J connectivity index is 0.00000124. The van der Waals surface area contributed by atoms with Gasteiger partial charge < -0.3 is 20.2 Å². The molecule has 1 fully saturated rings. The highest BCUT2D eigenvalue weighted by Crippen LogP contribution is 2.26. The molecule has 1 aromatic carbocycles. The Labute approximate surface area is 233 Å². The monoisotopic (exact) mass is 541 g/mol. The summed E-state index contributed by atoms with van der Waals surface area (Å²) in [5.74, 6) is 1.09. The van der Waals surface area contributed by atoms with Crippen molar-refractivity contribution in [2.24, 2.45) is 11.8 Å². The lowest BCUT2D eigenvalue weighted by Gasteiger charge is -2.28. The molecule has 0 spiro atoms. The first-order valence-corrected chi connectivity index (χ1v) is 14.3. The van der Waals surface area contributed by atoms with Gasteiger partial charge in [0, 0.05) is 13.0 Å². The second-order valence-electron chi connectivity index (χ2n) is 11.4. The molecule has 1 aliphatic heterocycles. The van der Waals surface area contributed by atoms with Crippen LogP contribution in [-0.4, -0.2) is 61.0 Å². The highest BCUT2D eigenvalue weighted by molar-refractivity contribution is 5.97. The molecule has 1 saturated carbocycles. The van der Waals surface area contributed by atoms with Crippen molar-refractivity contribution in [1.82, 2.24) is 15.5 Å². The summed E-state index contributed by atoms with van der Waals surface area (Å²) in [6.45, 7) is 9.12. The number of hydrogen-bond acceptors (Lipinski definition) is 6. The molecule has 1 heterocycles. The van der Waals surface area contributed by atoms with Gasteiger partial charge in [0.2, 0.25) is 5.91 Å². The average molecular weight is 542 g/mol. The van der Waals surface area contributed by atoms with Crippen molar-refractivity contribution in [2.75, 3.05) is 20.1 Å². The molecule has 1 unspecified atom stereocenters. The van der Waals surface area contributed by atoms with Crippen LogP contribution in [0.2, 0.25) is 0 Å². The first kappa shape index (κ1) is 32.2. The summed E-state index contributed by atoms with van der Waals surface area (Å²) in [6, 6.07) is 5.80. The van der Waals surface area contributed by atoms with Gasteiger partial charge in [0.1, 0.15) is 18.1 Å². The molecule has 3 rings (SSSR count). The Kier molecular flexibility index (Phi) is 13.9. The van der Waals surface area contributed by atoms with E-state index < -0.39 is 23.9 Å². The standard InChI is InChI=1S/C27H37N3O5.C4H10/c1-19(28-27(34)25-15-14-21-11-6-7-13-24(21)35-25)26(33)29-22(12-8-16-31)23(32)18-30(2)17-20-9-4-3-5-10-20;1-4(2)3/h6-7,11,13,15-16,19-20,22H,3-5,8-10,12,14,17-18H2,1-2H3,(H,28,34)(H,29,33);4H,1-3H3/t19?,22-;/m0./s1. The van der Waals surface area contributed by atoms with Crippen LogP contribution in [0.5, 0.6) is 5.75 Å². The fraction of sp³-hybridized carbons (Fsp3) is 0.613. The predicted molar refractivity (Wildman–Crippen MR) is 153 cm³/mol. The van der Waals surface area contributed by atoms with E-state index in [1.807, 2.05) is 30.1 Å². The number of hydrogen-bond donors (Lipinski definition) is 2. The Morgan fingerprint density at radius 3 is 2.38 bits per heavy atom. The molecular weight excluding hydrogens is 494 g/mol. The maximum atomic E-state index is 13.0. The van der Waals surface area contributed by atoms with Gasteiger partial charge in [-0.05, 0) is 69.2 Å². The summed E-state index contributed by atoms with van der Waals surface area (Å²) >= 11 is 0. The first-order valence-electron chi connectivity index (χ1n) is 14.3. The van der Waals surface area contributed by atoms with Gasteiger partial charge in [0.25, 0.3) is 5.91 Å². The summed E-state index contributed by atoms with van der Waals surface area (Å²) in [4.78, 5) is 51.3. The van der Waals surface area contributed by atoms with E-state index >= 15 is 0 Å². The SMILES string of the molecule is CC(C)C.CC(NC(=O)C1=CCc2ccccc2O1)C(=O)N[C@@H](CCC=O)C(=O)CN(C)CC1CCCCC1. The van der Waals surface area contributed by atoms with Gasteiger partial charge in [0.15, 0.2) is 11.5 Å². The summed E-state index contributed by atoms with van der Waals surface area (Å²) in [6.07, 6.45) is 9.53. The summed E-state index contributed by atoms with van der Waals surface area (Å²) in [5, 5.41) is 5.38. The number of amides is 2. The highest BCUT2D eigenvalue weighted by Gasteiger charge is 2.27. The molecule has 1 aromatic rings. The number of nitrogens with zero attached hydrogens (tertiary/aromatic N) is 1. The number of Topliss-reactive ketones (excluding diaryl/α,β-unsaturated/α-hetero) is 1. The number of carbonyl (C=O) groups excluding carboxylic acids is 4. The lowest BCUT2D eigenvalue weighted by Crippen LogP contribution is -2.52. The van der Waals surface area contributed by atoms with Gasteiger partial charge in [0.05, 0.1) is 12.6 Å². The molecular formula is C31H47N3O5. The van der Waals surface area contributed by atoms with E-state index in [4.69, 9.17) is 4.74 Å². The van der Waals surface area contributed by atoms with Gasteiger partial charge in [-0.1, -0.05) is 58.2 Å². The molecule has 8 heteroatoms. The molecule has 1 aliphatic carbocycles. The molecule has 2 aliphatic rings. The maximum absolute atomic E-state index is 13.0. The van der Waals surface area contributed by atoms with Crippen molar-refractivity contribution in [2.45, 2.75) is 91.1 Å². The number of para-hydroxylation sites is 1. The van der Waals surface area contributed by atoms with E-state index in [1.54, 1.807) is 19.1 Å². The molecule has 0 radical (unpaired) electrons. The maximum Gasteiger partial charge on any atom is 0.287 e. The van der Waals surface area contributed by atoms with Crippen LogP contribution in [0.15, 0.2) is 36.1 Å². The van der Waals surface area contributed by atoms with E-state index in [9.17, 15) is 19.2 Å². The zero-order valence-electron chi connectivity index (χ0n) is 24.3. The minimum atomic E-state index is -0.879. The number of fused-ring (bicyclic) bond motifs is 1. The van der Waals surface area contributed by atoms with Gasteiger partial charge in [-0.3, -0.25) is 19.3 Å². The molecule has 39 heavy (non-hydrogen) atoms. The van der Waals surface area contributed by atoms with Crippen LogP contribution in [0, 0.1) is 11.8 Å². The van der Waals surface area contributed by atoms with Gasteiger partial charge >= 0.3 is 0 Å². The smallest absolute Gasteiger partial charge is 0.287 e. The highest BCUT2D eigenvalue weighted by atomic mass is 16.5. The van der Waals surface area contributed by atoms with E-state index in [1.165, 1.54) is 32.1 Å². The van der Waals surface area contributed by atoms with E-state index in [0.29, 0.717) is 18.1 Å². The van der Waals surface area contributed by atoms with Crippen LogP contribution in [0.25, 0.3) is 0 Å². The lowest BCUT2D eigenvalue weighted by molar-refractivity contribution is -0.131. The Morgan fingerprint density at radius 2 is 1.72 bits per heavy atom. The minimum absolute atomic E-state index is 0.132. The van der Waals surface area contributed by atoms with Gasteiger partial charge in [-0.15, -0.1) is 0 Å². The zero-order valence-corrected chi connectivity index (χ0v) is 24.3. The number of allylic oxidation sites excluding steroid dienone is 1. The number of rotatable bonds is 12.